The smallest absolute Gasteiger partial charge is 0.230 e. The van der Waals surface area contributed by atoms with E-state index in [4.69, 9.17) is 0 Å². The average Bonchev–Trinajstić information content (AvgIpc) is 3.47. The average molecular weight is 452 g/mol. The molecule has 0 spiro atoms. The number of amides is 1. The van der Waals surface area contributed by atoms with Crippen molar-refractivity contribution in [3.8, 4) is 0 Å². The van der Waals surface area contributed by atoms with Crippen LogP contribution in [0.2, 0.25) is 0 Å². The quantitative estimate of drug-likeness (QED) is 0.567. The van der Waals surface area contributed by atoms with Crippen LogP contribution in [0.4, 0.5) is 5.13 Å². The third-order valence-corrected chi connectivity index (χ3v) is 7.28. The number of carbonyl (C=O) groups excluding carboxylic acids is 1. The summed E-state index contributed by atoms with van der Waals surface area (Å²) in [5, 5.41) is 14.3. The van der Waals surface area contributed by atoms with Crippen LogP contribution in [0.25, 0.3) is 0 Å². The van der Waals surface area contributed by atoms with Crippen LogP contribution >= 0.6 is 11.3 Å². The number of nitrogens with one attached hydrogen (secondary N) is 1. The first-order chi connectivity index (χ1) is 15.6. The minimum Gasteiger partial charge on any atom is -0.302 e. The predicted molar refractivity (Wildman–Crippen MR) is 124 cm³/mol. The zero-order chi connectivity index (χ0) is 21.9. The van der Waals surface area contributed by atoms with Gasteiger partial charge >= 0.3 is 0 Å². The lowest BCUT2D eigenvalue weighted by molar-refractivity contribution is -0.127. The molecule has 9 heteroatoms. The van der Waals surface area contributed by atoms with Crippen LogP contribution in [0.5, 0.6) is 0 Å². The second-order valence-electron chi connectivity index (χ2n) is 8.96. The zero-order valence-electron chi connectivity index (χ0n) is 18.3. The lowest BCUT2D eigenvalue weighted by Crippen LogP contribution is -2.57. The number of aromatic nitrogens is 4. The topological polar surface area (TPSA) is 79.2 Å². The molecule has 3 saturated heterocycles. The molecular weight excluding hydrogens is 422 g/mol. The van der Waals surface area contributed by atoms with Crippen molar-refractivity contribution in [3.05, 3.63) is 59.4 Å². The highest BCUT2D eigenvalue weighted by atomic mass is 32.1. The van der Waals surface area contributed by atoms with Crippen molar-refractivity contribution in [2.45, 2.75) is 38.5 Å². The maximum Gasteiger partial charge on any atom is 0.230 e. The Morgan fingerprint density at radius 2 is 2.16 bits per heavy atom. The van der Waals surface area contributed by atoms with E-state index in [0.29, 0.717) is 17.1 Å². The number of hydrogen-bond acceptors (Lipinski definition) is 7. The summed E-state index contributed by atoms with van der Waals surface area (Å²) in [6, 6.07) is 10.9. The Balaban J connectivity index is 1.14. The number of anilines is 1. The number of piperidine rings is 3. The van der Waals surface area contributed by atoms with E-state index < -0.39 is 0 Å². The highest BCUT2D eigenvalue weighted by Crippen LogP contribution is 2.37. The van der Waals surface area contributed by atoms with E-state index in [9.17, 15) is 4.79 Å². The van der Waals surface area contributed by atoms with Crippen LogP contribution < -0.4 is 5.32 Å². The number of carbonyl (C=O) groups is 1. The van der Waals surface area contributed by atoms with E-state index >= 15 is 0 Å². The van der Waals surface area contributed by atoms with E-state index in [2.05, 4.69) is 67.9 Å². The largest absolute Gasteiger partial charge is 0.302 e. The summed E-state index contributed by atoms with van der Waals surface area (Å²) in [6.07, 6.45) is 5.90. The van der Waals surface area contributed by atoms with Crippen molar-refractivity contribution in [1.82, 2.24) is 29.8 Å². The number of rotatable bonds is 8. The zero-order valence-corrected chi connectivity index (χ0v) is 19.1. The lowest BCUT2D eigenvalue weighted by atomic mass is 9.75. The summed E-state index contributed by atoms with van der Waals surface area (Å²) in [5.74, 6) is 0.574. The fourth-order valence-corrected chi connectivity index (χ4v) is 5.58. The van der Waals surface area contributed by atoms with Gasteiger partial charge in [0.15, 0.2) is 5.13 Å². The van der Waals surface area contributed by atoms with E-state index in [1.165, 1.54) is 16.9 Å². The standard InChI is InChI=1S/C23H29N7OS/c1-28(12-17-5-3-2-4-6-17)13-19-14-30(27-26-19)15-20-11-18-7-9-29(20)16-21(18)22(31)25-23-24-8-10-32-23/h2-6,8,10,14,18,20-21H,7,9,11-13,15-16H2,1H3,(H,24,25,31). The maximum absolute atomic E-state index is 12.8. The van der Waals surface area contributed by atoms with Crippen molar-refractivity contribution in [3.63, 3.8) is 0 Å². The Kier molecular flexibility index (Phi) is 6.29. The number of hydrogen-bond donors (Lipinski definition) is 1. The van der Waals surface area contributed by atoms with E-state index in [0.717, 1.165) is 51.3 Å². The monoisotopic (exact) mass is 451 g/mol. The number of fused-ring (bicyclic) bond motifs is 3. The molecule has 1 aromatic carbocycles. The first-order valence-electron chi connectivity index (χ1n) is 11.2. The van der Waals surface area contributed by atoms with Crippen LogP contribution in [-0.4, -0.2) is 61.9 Å². The first-order valence-corrected chi connectivity index (χ1v) is 12.1. The summed E-state index contributed by atoms with van der Waals surface area (Å²) in [6.45, 7) is 4.35. The molecule has 0 aliphatic carbocycles. The second kappa shape index (κ2) is 9.48. The highest BCUT2D eigenvalue weighted by Gasteiger charge is 2.43. The van der Waals surface area contributed by atoms with Crippen LogP contribution in [-0.2, 0) is 24.4 Å². The van der Waals surface area contributed by atoms with Gasteiger partial charge in [0.1, 0.15) is 0 Å². The molecule has 2 bridgehead atoms. The molecule has 1 amide bonds. The van der Waals surface area contributed by atoms with Gasteiger partial charge < -0.3 is 5.32 Å². The fraction of sp³-hybridized carbons (Fsp3) is 0.478. The number of thiazole rings is 1. The van der Waals surface area contributed by atoms with Gasteiger partial charge in [-0.3, -0.25) is 19.3 Å². The number of benzene rings is 1. The summed E-state index contributed by atoms with van der Waals surface area (Å²) >= 11 is 1.47. The molecule has 2 aromatic heterocycles. The van der Waals surface area contributed by atoms with Crippen molar-refractivity contribution in [1.29, 1.82) is 0 Å². The Morgan fingerprint density at radius 1 is 1.28 bits per heavy atom. The Morgan fingerprint density at radius 3 is 2.91 bits per heavy atom. The van der Waals surface area contributed by atoms with Crippen molar-refractivity contribution in [2.75, 3.05) is 25.5 Å². The van der Waals surface area contributed by atoms with Gasteiger partial charge in [-0.15, -0.1) is 16.4 Å². The van der Waals surface area contributed by atoms with E-state index in [1.807, 2.05) is 16.1 Å². The van der Waals surface area contributed by atoms with Crippen LogP contribution in [0.3, 0.4) is 0 Å². The summed E-state index contributed by atoms with van der Waals surface area (Å²) in [4.78, 5) is 21.6. The van der Waals surface area contributed by atoms with Crippen LogP contribution in [0.15, 0.2) is 48.1 Å². The van der Waals surface area contributed by atoms with Gasteiger partial charge in [0.25, 0.3) is 0 Å². The molecule has 4 unspecified atom stereocenters. The van der Waals surface area contributed by atoms with Crippen molar-refractivity contribution >= 4 is 22.4 Å². The van der Waals surface area contributed by atoms with Gasteiger partial charge in [0.05, 0.1) is 18.2 Å². The highest BCUT2D eigenvalue weighted by molar-refractivity contribution is 7.13. The Hall–Kier alpha value is -2.62. The van der Waals surface area contributed by atoms with Crippen molar-refractivity contribution < 1.29 is 4.79 Å². The molecule has 0 radical (unpaired) electrons. The van der Waals surface area contributed by atoms with Gasteiger partial charge in [-0.25, -0.2) is 4.98 Å². The molecular formula is C23H29N7OS. The third-order valence-electron chi connectivity index (χ3n) is 6.59. The van der Waals surface area contributed by atoms with E-state index in [-0.39, 0.29) is 11.8 Å². The van der Waals surface area contributed by atoms with Crippen LogP contribution in [0.1, 0.15) is 24.1 Å². The predicted octanol–water partition coefficient (Wildman–Crippen LogP) is 2.72. The summed E-state index contributed by atoms with van der Waals surface area (Å²) in [5.41, 5.74) is 2.28. The minimum absolute atomic E-state index is 0.0434. The van der Waals surface area contributed by atoms with E-state index in [1.54, 1.807) is 6.20 Å². The normalized spacial score (nSPS) is 24.7. The Labute approximate surface area is 192 Å². The molecule has 5 heterocycles. The summed E-state index contributed by atoms with van der Waals surface area (Å²) < 4.78 is 1.97. The fourth-order valence-electron chi connectivity index (χ4n) is 5.05. The molecule has 0 saturated carbocycles. The molecule has 3 aliphatic rings. The first kappa shape index (κ1) is 21.2. The maximum atomic E-state index is 12.8. The molecule has 32 heavy (non-hydrogen) atoms. The third kappa shape index (κ3) is 4.90. The van der Waals surface area contributed by atoms with Gasteiger partial charge in [0.2, 0.25) is 5.91 Å². The Bertz CT molecular complexity index is 1020. The van der Waals surface area contributed by atoms with Gasteiger partial charge in [0, 0.05) is 43.4 Å². The lowest BCUT2D eigenvalue weighted by Gasteiger charge is -2.49. The molecule has 6 rings (SSSR count). The SMILES string of the molecule is CN(Cc1ccccc1)Cc1cn(CC2CC3CCN2CC3C(=O)Nc2nccs2)nn1. The molecule has 8 nitrogen and oxygen atoms in total. The molecule has 3 aromatic rings. The molecule has 4 atom stereocenters. The second-order valence-corrected chi connectivity index (χ2v) is 9.85. The molecule has 1 N–H and O–H groups in total. The van der Waals surface area contributed by atoms with Crippen molar-refractivity contribution in [2.24, 2.45) is 11.8 Å². The molecule has 168 valence electrons. The summed E-state index contributed by atoms with van der Waals surface area (Å²) in [7, 11) is 2.11. The number of nitrogens with zero attached hydrogens (tertiary/aromatic N) is 6. The van der Waals surface area contributed by atoms with Gasteiger partial charge in [-0.05, 0) is 37.9 Å². The minimum atomic E-state index is 0.0434. The van der Waals surface area contributed by atoms with Crippen LogP contribution in [0, 0.1) is 11.8 Å². The molecule has 3 aliphatic heterocycles. The molecule has 3 fully saturated rings. The van der Waals surface area contributed by atoms with Gasteiger partial charge in [-0.1, -0.05) is 35.5 Å². The van der Waals surface area contributed by atoms with Gasteiger partial charge in [-0.2, -0.15) is 0 Å².